The number of aromatic nitrogens is 5. The topological polar surface area (TPSA) is 93.2 Å². The molecule has 1 atom stereocenters. The molecule has 1 amide bonds. The number of nitrogens with zero attached hydrogens (tertiary/aromatic N) is 7. The Morgan fingerprint density at radius 3 is 2.67 bits per heavy atom. The molecule has 2 aromatic heterocycles. The number of hydrogen-bond acceptors (Lipinski definition) is 7. The van der Waals surface area contributed by atoms with Gasteiger partial charge in [0.05, 0.1) is 12.2 Å². The van der Waals surface area contributed by atoms with Crippen molar-refractivity contribution < 1.29 is 9.32 Å². The van der Waals surface area contributed by atoms with Crippen LogP contribution >= 0.6 is 0 Å². The summed E-state index contributed by atoms with van der Waals surface area (Å²) in [6.07, 6.45) is 3.68. The summed E-state index contributed by atoms with van der Waals surface area (Å²) in [5, 5.41) is 12.4. The van der Waals surface area contributed by atoms with Crippen molar-refractivity contribution in [2.24, 2.45) is 0 Å². The quantitative estimate of drug-likeness (QED) is 0.639. The first-order valence-corrected chi connectivity index (χ1v) is 10.2. The van der Waals surface area contributed by atoms with Gasteiger partial charge in [-0.1, -0.05) is 24.2 Å². The Balaban J connectivity index is 1.46. The van der Waals surface area contributed by atoms with Crippen LogP contribution in [-0.2, 0) is 0 Å². The summed E-state index contributed by atoms with van der Waals surface area (Å²) in [5.41, 5.74) is 2.32. The Hall–Kier alpha value is -3.23. The van der Waals surface area contributed by atoms with Gasteiger partial charge < -0.3 is 14.3 Å². The Morgan fingerprint density at radius 2 is 2.00 bits per heavy atom. The fourth-order valence-electron chi connectivity index (χ4n) is 3.57. The molecule has 0 saturated carbocycles. The Kier molecular flexibility index (Phi) is 5.52. The second kappa shape index (κ2) is 8.25. The van der Waals surface area contributed by atoms with Gasteiger partial charge in [-0.15, -0.1) is 5.10 Å². The number of benzene rings is 1. The molecule has 158 valence electrons. The molecule has 9 nitrogen and oxygen atoms in total. The van der Waals surface area contributed by atoms with E-state index in [-0.39, 0.29) is 17.9 Å². The molecule has 0 N–H and O–H groups in total. The zero-order valence-corrected chi connectivity index (χ0v) is 17.8. The molecule has 3 heterocycles. The van der Waals surface area contributed by atoms with Crippen molar-refractivity contribution in [3.63, 3.8) is 0 Å². The van der Waals surface area contributed by atoms with E-state index < -0.39 is 0 Å². The lowest BCUT2D eigenvalue weighted by Crippen LogP contribution is -2.40. The lowest BCUT2D eigenvalue weighted by atomic mass is 10.0. The smallest absolute Gasteiger partial charge is 0.280 e. The molecule has 1 unspecified atom stereocenters. The molecule has 9 heteroatoms. The van der Waals surface area contributed by atoms with E-state index in [4.69, 9.17) is 4.52 Å². The Labute approximate surface area is 175 Å². The molecule has 4 rings (SSSR count). The molecule has 0 spiro atoms. The van der Waals surface area contributed by atoms with Gasteiger partial charge in [0, 0.05) is 44.4 Å². The maximum atomic E-state index is 13.0. The number of carbonyl (C=O) groups excluding carboxylic acids is 1. The molecule has 30 heavy (non-hydrogen) atoms. The van der Waals surface area contributed by atoms with Crippen molar-refractivity contribution in [2.45, 2.75) is 38.6 Å². The van der Waals surface area contributed by atoms with E-state index in [9.17, 15) is 4.79 Å². The van der Waals surface area contributed by atoms with Gasteiger partial charge in [0.25, 0.3) is 11.8 Å². The predicted molar refractivity (Wildman–Crippen MR) is 112 cm³/mol. The summed E-state index contributed by atoms with van der Waals surface area (Å²) < 4.78 is 7.12. The van der Waals surface area contributed by atoms with Gasteiger partial charge in [-0.25, -0.2) is 4.68 Å². The van der Waals surface area contributed by atoms with Crippen LogP contribution in [0.1, 0.15) is 54.8 Å². The highest BCUT2D eigenvalue weighted by Crippen LogP contribution is 2.25. The normalized spacial score (nSPS) is 16.8. The molecular weight excluding hydrogens is 382 g/mol. The monoisotopic (exact) mass is 409 g/mol. The molecule has 1 saturated heterocycles. The van der Waals surface area contributed by atoms with E-state index in [1.54, 1.807) is 0 Å². The van der Waals surface area contributed by atoms with Gasteiger partial charge >= 0.3 is 0 Å². The fraction of sp³-hybridized carbons (Fsp3) is 0.476. The maximum absolute atomic E-state index is 13.0. The molecule has 1 aliphatic rings. The predicted octanol–water partition coefficient (Wildman–Crippen LogP) is 2.99. The van der Waals surface area contributed by atoms with E-state index >= 15 is 0 Å². The van der Waals surface area contributed by atoms with Crippen LogP contribution in [0.25, 0.3) is 11.6 Å². The first-order valence-electron chi connectivity index (χ1n) is 10.2. The Bertz CT molecular complexity index is 1010. The van der Waals surface area contributed by atoms with Crippen molar-refractivity contribution in [3.8, 4) is 11.6 Å². The van der Waals surface area contributed by atoms with Crippen LogP contribution in [0, 0.1) is 0 Å². The Morgan fingerprint density at radius 1 is 1.23 bits per heavy atom. The molecule has 1 aliphatic heterocycles. The van der Waals surface area contributed by atoms with Crippen molar-refractivity contribution in [1.82, 2.24) is 30.0 Å². The van der Waals surface area contributed by atoms with Gasteiger partial charge in [0.1, 0.15) is 0 Å². The van der Waals surface area contributed by atoms with Gasteiger partial charge in [-0.3, -0.25) is 4.79 Å². The summed E-state index contributed by atoms with van der Waals surface area (Å²) in [7, 11) is 3.97. The third kappa shape index (κ3) is 4.05. The number of amides is 1. The standard InChI is InChI=1S/C21H27N7O2/c1-14(2)19-22-20(30-24-19)18-13-28(25-23-18)17-6-5-11-27(12-17)21(29)15-7-9-16(10-8-15)26(3)4/h7-10,13-14,17H,5-6,11-12H2,1-4H3. The average Bonchev–Trinajstić information content (AvgIpc) is 3.43. The maximum Gasteiger partial charge on any atom is 0.280 e. The molecule has 1 aromatic carbocycles. The minimum absolute atomic E-state index is 0.0452. The highest BCUT2D eigenvalue weighted by molar-refractivity contribution is 5.94. The number of carbonyl (C=O) groups is 1. The lowest BCUT2D eigenvalue weighted by Gasteiger charge is -2.32. The molecular formula is C21H27N7O2. The van der Waals surface area contributed by atoms with Crippen LogP contribution in [0.15, 0.2) is 35.0 Å². The van der Waals surface area contributed by atoms with Crippen molar-refractivity contribution in [1.29, 1.82) is 0 Å². The van der Waals surface area contributed by atoms with Gasteiger partial charge in [0.15, 0.2) is 11.5 Å². The minimum atomic E-state index is 0.0452. The fourth-order valence-corrected chi connectivity index (χ4v) is 3.57. The average molecular weight is 409 g/mol. The van der Waals surface area contributed by atoms with Crippen LogP contribution in [0.4, 0.5) is 5.69 Å². The van der Waals surface area contributed by atoms with Crippen LogP contribution in [0.2, 0.25) is 0 Å². The molecule has 1 fully saturated rings. The van der Waals surface area contributed by atoms with Crippen molar-refractivity contribution in [3.05, 3.63) is 41.9 Å². The van der Waals surface area contributed by atoms with Crippen LogP contribution in [0.3, 0.4) is 0 Å². The van der Waals surface area contributed by atoms with E-state index in [2.05, 4.69) is 20.5 Å². The zero-order chi connectivity index (χ0) is 21.3. The third-order valence-corrected chi connectivity index (χ3v) is 5.38. The highest BCUT2D eigenvalue weighted by Gasteiger charge is 2.27. The van der Waals surface area contributed by atoms with Gasteiger partial charge in [-0.2, -0.15) is 4.98 Å². The number of rotatable bonds is 5. The van der Waals surface area contributed by atoms with Gasteiger partial charge in [-0.05, 0) is 37.1 Å². The summed E-state index contributed by atoms with van der Waals surface area (Å²) in [6, 6.07) is 7.77. The van der Waals surface area contributed by atoms with Crippen LogP contribution in [-0.4, -0.2) is 63.1 Å². The number of hydrogen-bond donors (Lipinski definition) is 0. The van der Waals surface area contributed by atoms with Crippen LogP contribution in [0.5, 0.6) is 0 Å². The summed E-state index contributed by atoms with van der Waals surface area (Å²) >= 11 is 0. The van der Waals surface area contributed by atoms with E-state index in [0.29, 0.717) is 29.5 Å². The van der Waals surface area contributed by atoms with E-state index in [0.717, 1.165) is 25.1 Å². The van der Waals surface area contributed by atoms with Gasteiger partial charge in [0.2, 0.25) is 0 Å². The largest absolute Gasteiger partial charge is 0.378 e. The van der Waals surface area contributed by atoms with Crippen molar-refractivity contribution in [2.75, 3.05) is 32.1 Å². The summed E-state index contributed by atoms with van der Waals surface area (Å²) in [6.45, 7) is 5.35. The number of piperidine rings is 1. The first kappa shape index (κ1) is 20.1. The SMILES string of the molecule is CC(C)c1noc(-c2cn(C3CCCN(C(=O)c4ccc(N(C)C)cc4)C3)nn2)n1. The van der Waals surface area contributed by atoms with Crippen LogP contribution < -0.4 is 4.90 Å². The third-order valence-electron chi connectivity index (χ3n) is 5.38. The highest BCUT2D eigenvalue weighted by atomic mass is 16.5. The molecule has 0 aliphatic carbocycles. The second-order valence-corrected chi connectivity index (χ2v) is 8.18. The van der Waals surface area contributed by atoms with Crippen molar-refractivity contribution >= 4 is 11.6 Å². The summed E-state index contributed by atoms with van der Waals surface area (Å²) in [4.78, 5) is 21.3. The molecule has 0 radical (unpaired) electrons. The minimum Gasteiger partial charge on any atom is -0.378 e. The zero-order valence-electron chi connectivity index (χ0n) is 17.8. The van der Waals surface area contributed by atoms with E-state index in [1.165, 1.54) is 0 Å². The molecule has 3 aromatic rings. The number of anilines is 1. The second-order valence-electron chi connectivity index (χ2n) is 8.18. The van der Waals surface area contributed by atoms with E-state index in [1.807, 2.05) is 72.9 Å². The number of likely N-dealkylation sites (tertiary alicyclic amines) is 1. The first-order chi connectivity index (χ1) is 14.4. The molecule has 0 bridgehead atoms. The lowest BCUT2D eigenvalue weighted by molar-refractivity contribution is 0.0672. The summed E-state index contributed by atoms with van der Waals surface area (Å²) in [5.74, 6) is 1.25.